The minimum absolute atomic E-state index is 0.000783. The number of hydrogen-bond acceptors (Lipinski definition) is 5. The van der Waals surface area contributed by atoms with Crippen molar-refractivity contribution in [3.8, 4) is 6.07 Å². The molecule has 0 aromatic heterocycles. The van der Waals surface area contributed by atoms with Gasteiger partial charge in [-0.1, -0.05) is 11.6 Å². The first-order valence-corrected chi connectivity index (χ1v) is 6.74. The van der Waals surface area contributed by atoms with Gasteiger partial charge in [-0.25, -0.2) is 4.39 Å². The standard InChI is InChI=1S/C14H15ClFN3O3/c15-12-7-11(1-2-13(12)16)18-9-10(8-17)14(22)19(3-5-20)4-6-21/h1-2,7,9,18,20-21H,3-6H2/b10-9-. The van der Waals surface area contributed by atoms with Gasteiger partial charge in [0.05, 0.1) is 18.2 Å². The van der Waals surface area contributed by atoms with Crippen LogP contribution in [0.2, 0.25) is 5.02 Å². The number of halogens is 2. The van der Waals surface area contributed by atoms with Crippen LogP contribution in [-0.4, -0.2) is 47.3 Å². The SMILES string of the molecule is N#C/C(=C/Nc1ccc(F)c(Cl)c1)C(=O)N(CCO)CCO. The van der Waals surface area contributed by atoms with Gasteiger partial charge in [0.25, 0.3) is 5.91 Å². The molecule has 0 spiro atoms. The number of amides is 1. The van der Waals surface area contributed by atoms with Gasteiger partial charge in [-0.05, 0) is 18.2 Å². The van der Waals surface area contributed by atoms with Crippen LogP contribution in [0.4, 0.5) is 10.1 Å². The number of rotatable bonds is 7. The van der Waals surface area contributed by atoms with E-state index in [0.717, 1.165) is 17.2 Å². The van der Waals surface area contributed by atoms with E-state index in [-0.39, 0.29) is 36.9 Å². The molecule has 1 rings (SSSR count). The molecular weight excluding hydrogens is 313 g/mol. The van der Waals surface area contributed by atoms with Crippen molar-refractivity contribution in [2.75, 3.05) is 31.6 Å². The Morgan fingerprint density at radius 1 is 1.41 bits per heavy atom. The van der Waals surface area contributed by atoms with Gasteiger partial charge in [0.1, 0.15) is 17.5 Å². The fourth-order valence-electron chi connectivity index (χ4n) is 1.61. The van der Waals surface area contributed by atoms with Crippen LogP contribution >= 0.6 is 11.6 Å². The van der Waals surface area contributed by atoms with Crippen LogP contribution in [0.25, 0.3) is 0 Å². The quantitative estimate of drug-likeness (QED) is 0.515. The fourth-order valence-corrected chi connectivity index (χ4v) is 1.79. The van der Waals surface area contributed by atoms with Crippen molar-refractivity contribution >= 4 is 23.2 Å². The topological polar surface area (TPSA) is 96.6 Å². The van der Waals surface area contributed by atoms with E-state index >= 15 is 0 Å². The molecule has 0 aliphatic heterocycles. The molecular formula is C14H15ClFN3O3. The Labute approximate surface area is 132 Å². The normalized spacial score (nSPS) is 11.0. The summed E-state index contributed by atoms with van der Waals surface area (Å²) >= 11 is 5.63. The number of carbonyl (C=O) groups excluding carboxylic acids is 1. The Kier molecular flexibility index (Phi) is 7.32. The monoisotopic (exact) mass is 327 g/mol. The van der Waals surface area contributed by atoms with Crippen molar-refractivity contribution in [3.05, 3.63) is 40.8 Å². The van der Waals surface area contributed by atoms with Crippen LogP contribution in [0, 0.1) is 17.1 Å². The molecule has 0 heterocycles. The maximum atomic E-state index is 13.0. The minimum atomic E-state index is -0.633. The second-order valence-electron chi connectivity index (χ2n) is 4.18. The molecule has 0 atom stereocenters. The highest BCUT2D eigenvalue weighted by molar-refractivity contribution is 6.31. The highest BCUT2D eigenvalue weighted by atomic mass is 35.5. The summed E-state index contributed by atoms with van der Waals surface area (Å²) in [5.74, 6) is -1.21. The first-order chi connectivity index (χ1) is 10.5. The molecule has 1 amide bonds. The van der Waals surface area contributed by atoms with Crippen molar-refractivity contribution in [1.29, 1.82) is 5.26 Å². The first kappa shape index (κ1) is 17.9. The number of aliphatic hydroxyl groups is 2. The Hall–Kier alpha value is -2.14. The molecule has 3 N–H and O–H groups in total. The molecule has 0 saturated carbocycles. The Balaban J connectivity index is 2.87. The molecule has 1 aromatic rings. The van der Waals surface area contributed by atoms with E-state index in [2.05, 4.69) is 5.32 Å². The number of carbonyl (C=O) groups is 1. The average Bonchev–Trinajstić information content (AvgIpc) is 2.51. The third-order valence-corrected chi connectivity index (χ3v) is 2.97. The van der Waals surface area contributed by atoms with Crippen molar-refractivity contribution in [3.63, 3.8) is 0 Å². The van der Waals surface area contributed by atoms with Gasteiger partial charge in [-0.2, -0.15) is 5.26 Å². The lowest BCUT2D eigenvalue weighted by Gasteiger charge is -2.20. The van der Waals surface area contributed by atoms with E-state index in [1.54, 1.807) is 6.07 Å². The van der Waals surface area contributed by atoms with Gasteiger partial charge < -0.3 is 20.4 Å². The third kappa shape index (κ3) is 5.00. The Bertz CT molecular complexity index is 595. The molecule has 0 unspecified atom stereocenters. The molecule has 118 valence electrons. The maximum absolute atomic E-state index is 13.0. The summed E-state index contributed by atoms with van der Waals surface area (Å²) in [5, 5.41) is 29.4. The molecule has 1 aromatic carbocycles. The van der Waals surface area contributed by atoms with Crippen LogP contribution in [-0.2, 0) is 4.79 Å². The van der Waals surface area contributed by atoms with Gasteiger partial charge in [-0.3, -0.25) is 4.79 Å². The number of benzene rings is 1. The zero-order valence-electron chi connectivity index (χ0n) is 11.6. The number of aliphatic hydroxyl groups excluding tert-OH is 2. The molecule has 0 bridgehead atoms. The lowest BCUT2D eigenvalue weighted by molar-refractivity contribution is -0.127. The molecule has 0 radical (unpaired) electrons. The fraction of sp³-hybridized carbons (Fsp3) is 0.286. The van der Waals surface area contributed by atoms with Gasteiger partial charge in [0.2, 0.25) is 0 Å². The molecule has 0 fully saturated rings. The number of hydrogen-bond donors (Lipinski definition) is 3. The minimum Gasteiger partial charge on any atom is -0.395 e. The number of nitriles is 1. The number of nitrogens with one attached hydrogen (secondary N) is 1. The van der Waals surface area contributed by atoms with Crippen molar-refractivity contribution in [2.45, 2.75) is 0 Å². The summed E-state index contributed by atoms with van der Waals surface area (Å²) in [7, 11) is 0. The highest BCUT2D eigenvalue weighted by Crippen LogP contribution is 2.19. The second kappa shape index (κ2) is 9.00. The largest absolute Gasteiger partial charge is 0.395 e. The zero-order valence-corrected chi connectivity index (χ0v) is 12.3. The maximum Gasteiger partial charge on any atom is 0.266 e. The Morgan fingerprint density at radius 3 is 2.55 bits per heavy atom. The lowest BCUT2D eigenvalue weighted by atomic mass is 10.2. The lowest BCUT2D eigenvalue weighted by Crippen LogP contribution is -2.36. The van der Waals surface area contributed by atoms with Crippen LogP contribution in [0.15, 0.2) is 30.0 Å². The average molecular weight is 328 g/mol. The summed E-state index contributed by atoms with van der Waals surface area (Å²) in [4.78, 5) is 13.2. The number of anilines is 1. The molecule has 6 nitrogen and oxygen atoms in total. The summed E-state index contributed by atoms with van der Waals surface area (Å²) in [5.41, 5.74) is 0.185. The van der Waals surface area contributed by atoms with Crippen LogP contribution in [0.5, 0.6) is 0 Å². The smallest absolute Gasteiger partial charge is 0.266 e. The van der Waals surface area contributed by atoms with E-state index in [9.17, 15) is 9.18 Å². The van der Waals surface area contributed by atoms with Crippen LogP contribution in [0.1, 0.15) is 0 Å². The summed E-state index contributed by atoms with van der Waals surface area (Å²) in [6.45, 7) is -0.571. The predicted octanol–water partition coefficient (Wildman–Crippen LogP) is 1.11. The Morgan fingerprint density at radius 2 is 2.05 bits per heavy atom. The second-order valence-corrected chi connectivity index (χ2v) is 4.59. The van der Waals surface area contributed by atoms with Gasteiger partial charge in [0.15, 0.2) is 0 Å². The van der Waals surface area contributed by atoms with E-state index in [1.165, 1.54) is 12.1 Å². The number of nitrogens with zero attached hydrogens (tertiary/aromatic N) is 2. The predicted molar refractivity (Wildman–Crippen MR) is 79.5 cm³/mol. The summed E-state index contributed by atoms with van der Waals surface area (Å²) in [6, 6.07) is 5.59. The van der Waals surface area contributed by atoms with Gasteiger partial charge >= 0.3 is 0 Å². The molecule has 0 aliphatic rings. The first-order valence-electron chi connectivity index (χ1n) is 6.36. The van der Waals surface area contributed by atoms with E-state index < -0.39 is 11.7 Å². The van der Waals surface area contributed by atoms with E-state index in [4.69, 9.17) is 27.1 Å². The van der Waals surface area contributed by atoms with Crippen molar-refractivity contribution < 1.29 is 19.4 Å². The highest BCUT2D eigenvalue weighted by Gasteiger charge is 2.17. The van der Waals surface area contributed by atoms with Gasteiger partial charge in [0, 0.05) is 25.0 Å². The van der Waals surface area contributed by atoms with Crippen molar-refractivity contribution in [2.24, 2.45) is 0 Å². The molecule has 0 saturated heterocycles. The van der Waals surface area contributed by atoms with Gasteiger partial charge in [-0.15, -0.1) is 0 Å². The molecule has 22 heavy (non-hydrogen) atoms. The third-order valence-electron chi connectivity index (χ3n) is 2.68. The zero-order chi connectivity index (χ0) is 16.5. The van der Waals surface area contributed by atoms with Crippen LogP contribution in [0.3, 0.4) is 0 Å². The van der Waals surface area contributed by atoms with E-state index in [0.29, 0.717) is 5.69 Å². The van der Waals surface area contributed by atoms with Crippen LogP contribution < -0.4 is 5.32 Å². The summed E-state index contributed by atoms with van der Waals surface area (Å²) < 4.78 is 13.0. The van der Waals surface area contributed by atoms with Crippen molar-refractivity contribution in [1.82, 2.24) is 4.90 Å². The van der Waals surface area contributed by atoms with E-state index in [1.807, 2.05) is 0 Å². The summed E-state index contributed by atoms with van der Waals surface area (Å²) in [6.07, 6.45) is 1.16. The molecule has 8 heteroatoms. The molecule has 0 aliphatic carbocycles.